The molecule has 0 aromatic carbocycles. The number of nitrogens with one attached hydrogen (secondary N) is 1. The first kappa shape index (κ1) is 19.4. The summed E-state index contributed by atoms with van der Waals surface area (Å²) in [6.07, 6.45) is -0.118. The Bertz CT molecular complexity index is 389. The van der Waals surface area contributed by atoms with Gasteiger partial charge in [-0.1, -0.05) is 27.7 Å². The minimum absolute atomic E-state index is 0.00134. The number of carbonyl (C=O) groups excluding carboxylic acids is 2. The lowest BCUT2D eigenvalue weighted by Gasteiger charge is -2.29. The Balaban J connectivity index is 4.61. The lowest BCUT2D eigenvalue weighted by atomic mass is 9.85. The number of imide groups is 1. The summed E-state index contributed by atoms with van der Waals surface area (Å²) in [7, 11) is 0. The summed E-state index contributed by atoms with van der Waals surface area (Å²) in [5.41, 5.74) is -0.684. The summed E-state index contributed by atoms with van der Waals surface area (Å²) in [5.74, 6) is -1.10. The zero-order chi connectivity index (χ0) is 16.8. The second-order valence-corrected chi connectivity index (χ2v) is 6.90. The van der Waals surface area contributed by atoms with Gasteiger partial charge in [0.05, 0.1) is 6.42 Å². The third kappa shape index (κ3) is 8.32. The van der Waals surface area contributed by atoms with Crippen LogP contribution in [0.4, 0.5) is 4.79 Å². The zero-order valence-corrected chi connectivity index (χ0v) is 13.9. The van der Waals surface area contributed by atoms with Crippen molar-refractivity contribution in [2.45, 2.75) is 60.4 Å². The minimum atomic E-state index is -0.956. The summed E-state index contributed by atoms with van der Waals surface area (Å²) in [6.45, 7) is 11.7. The van der Waals surface area contributed by atoms with Crippen LogP contribution in [0.25, 0.3) is 0 Å². The summed E-state index contributed by atoms with van der Waals surface area (Å²) in [4.78, 5) is 36.4. The predicted octanol–water partition coefficient (Wildman–Crippen LogP) is 2.48. The van der Waals surface area contributed by atoms with Crippen molar-refractivity contribution in [1.29, 1.82) is 0 Å². The van der Waals surface area contributed by atoms with E-state index >= 15 is 0 Å². The van der Waals surface area contributed by atoms with Crippen molar-refractivity contribution in [3.63, 3.8) is 0 Å². The summed E-state index contributed by atoms with van der Waals surface area (Å²) in [6, 6.07) is -0.429. The molecule has 6 heteroatoms. The Hall–Kier alpha value is -1.59. The van der Waals surface area contributed by atoms with Crippen LogP contribution in [0, 0.1) is 11.3 Å². The molecule has 122 valence electrons. The zero-order valence-electron chi connectivity index (χ0n) is 13.9. The Morgan fingerprint density at radius 2 is 1.62 bits per heavy atom. The lowest BCUT2D eigenvalue weighted by Crippen LogP contribution is -2.48. The molecule has 0 aromatic heterocycles. The molecule has 0 aromatic rings. The average molecular weight is 300 g/mol. The topological polar surface area (TPSA) is 86.7 Å². The molecule has 21 heavy (non-hydrogen) atoms. The van der Waals surface area contributed by atoms with Crippen LogP contribution >= 0.6 is 0 Å². The molecule has 0 saturated carbocycles. The number of amides is 3. The van der Waals surface area contributed by atoms with Gasteiger partial charge in [0, 0.05) is 19.0 Å². The molecule has 0 aliphatic carbocycles. The molecule has 0 heterocycles. The van der Waals surface area contributed by atoms with Crippen molar-refractivity contribution >= 4 is 17.9 Å². The number of hydrogen-bond donors (Lipinski definition) is 2. The standard InChI is InChI=1S/C15H28N2O4/c1-10(2)9-17(11(3)4)14(21)16-12(18)7-15(5,6)8-13(19)20/h10-11H,7-9H2,1-6H3,(H,19,20)(H,16,18,21). The lowest BCUT2D eigenvalue weighted by molar-refractivity contribution is -0.139. The minimum Gasteiger partial charge on any atom is -0.481 e. The van der Waals surface area contributed by atoms with Gasteiger partial charge >= 0.3 is 12.0 Å². The van der Waals surface area contributed by atoms with Gasteiger partial charge in [0.1, 0.15) is 0 Å². The Morgan fingerprint density at radius 3 is 2.00 bits per heavy atom. The van der Waals surface area contributed by atoms with E-state index in [-0.39, 0.29) is 18.9 Å². The number of carboxylic acid groups (broad SMARTS) is 1. The smallest absolute Gasteiger partial charge is 0.324 e. The van der Waals surface area contributed by atoms with E-state index in [1.165, 1.54) is 0 Å². The summed E-state index contributed by atoms with van der Waals surface area (Å²) >= 11 is 0. The highest BCUT2D eigenvalue weighted by Crippen LogP contribution is 2.24. The van der Waals surface area contributed by atoms with E-state index < -0.39 is 23.3 Å². The maximum Gasteiger partial charge on any atom is 0.324 e. The third-order valence-electron chi connectivity index (χ3n) is 2.96. The van der Waals surface area contributed by atoms with Gasteiger partial charge in [0.15, 0.2) is 0 Å². The second-order valence-electron chi connectivity index (χ2n) is 6.90. The van der Waals surface area contributed by atoms with E-state index in [9.17, 15) is 14.4 Å². The van der Waals surface area contributed by atoms with Gasteiger partial charge in [0.2, 0.25) is 5.91 Å². The molecule has 0 aliphatic rings. The van der Waals surface area contributed by atoms with Crippen LogP contribution in [-0.2, 0) is 9.59 Å². The molecule has 0 saturated heterocycles. The molecule has 0 aliphatic heterocycles. The molecule has 0 bridgehead atoms. The van der Waals surface area contributed by atoms with E-state index in [0.29, 0.717) is 12.5 Å². The number of nitrogens with zero attached hydrogens (tertiary/aromatic N) is 1. The second kappa shape index (κ2) is 8.00. The maximum absolute atomic E-state index is 12.1. The van der Waals surface area contributed by atoms with Crippen LogP contribution in [0.2, 0.25) is 0 Å². The molecule has 2 N–H and O–H groups in total. The van der Waals surface area contributed by atoms with E-state index in [1.54, 1.807) is 18.7 Å². The van der Waals surface area contributed by atoms with E-state index in [4.69, 9.17) is 5.11 Å². The van der Waals surface area contributed by atoms with Crippen LogP contribution in [0.3, 0.4) is 0 Å². The molecule has 6 nitrogen and oxygen atoms in total. The first-order chi connectivity index (χ1) is 9.44. The molecule has 0 atom stereocenters. The van der Waals surface area contributed by atoms with Crippen molar-refractivity contribution in [3.8, 4) is 0 Å². The van der Waals surface area contributed by atoms with Gasteiger partial charge in [-0.3, -0.25) is 14.9 Å². The van der Waals surface area contributed by atoms with Gasteiger partial charge < -0.3 is 10.0 Å². The number of carboxylic acids is 1. The van der Waals surface area contributed by atoms with Crippen LogP contribution in [0.15, 0.2) is 0 Å². The molecule has 0 unspecified atom stereocenters. The first-order valence-corrected chi connectivity index (χ1v) is 7.27. The highest BCUT2D eigenvalue weighted by Gasteiger charge is 2.27. The third-order valence-corrected chi connectivity index (χ3v) is 2.96. The molecule has 0 radical (unpaired) electrons. The predicted molar refractivity (Wildman–Crippen MR) is 80.9 cm³/mol. The van der Waals surface area contributed by atoms with Crippen LogP contribution < -0.4 is 5.32 Å². The highest BCUT2D eigenvalue weighted by atomic mass is 16.4. The van der Waals surface area contributed by atoms with Crippen LogP contribution in [0.5, 0.6) is 0 Å². The average Bonchev–Trinajstić information content (AvgIpc) is 2.21. The van der Waals surface area contributed by atoms with E-state index in [0.717, 1.165) is 0 Å². The Labute approximate surface area is 126 Å². The van der Waals surface area contributed by atoms with Crippen molar-refractivity contribution in [1.82, 2.24) is 10.2 Å². The van der Waals surface area contributed by atoms with Crippen LogP contribution in [0.1, 0.15) is 54.4 Å². The molecule has 0 fully saturated rings. The highest BCUT2D eigenvalue weighted by molar-refractivity contribution is 5.94. The number of carbonyl (C=O) groups is 3. The van der Waals surface area contributed by atoms with E-state index in [2.05, 4.69) is 5.32 Å². The number of hydrogen-bond acceptors (Lipinski definition) is 3. The fraction of sp³-hybridized carbons (Fsp3) is 0.800. The van der Waals surface area contributed by atoms with Gasteiger partial charge in [0.25, 0.3) is 0 Å². The molecule has 3 amide bonds. The van der Waals surface area contributed by atoms with Crippen molar-refractivity contribution < 1.29 is 19.5 Å². The van der Waals surface area contributed by atoms with Crippen molar-refractivity contribution in [2.75, 3.05) is 6.54 Å². The van der Waals surface area contributed by atoms with Gasteiger partial charge in [-0.15, -0.1) is 0 Å². The van der Waals surface area contributed by atoms with Crippen molar-refractivity contribution in [3.05, 3.63) is 0 Å². The number of urea groups is 1. The fourth-order valence-corrected chi connectivity index (χ4v) is 2.06. The molecule has 0 rings (SSSR count). The Kier molecular flexibility index (Phi) is 7.39. The van der Waals surface area contributed by atoms with Crippen LogP contribution in [-0.4, -0.2) is 40.5 Å². The Morgan fingerprint density at radius 1 is 1.10 bits per heavy atom. The molecular formula is C15H28N2O4. The molecular weight excluding hydrogens is 272 g/mol. The molecule has 0 spiro atoms. The summed E-state index contributed by atoms with van der Waals surface area (Å²) < 4.78 is 0. The van der Waals surface area contributed by atoms with E-state index in [1.807, 2.05) is 27.7 Å². The van der Waals surface area contributed by atoms with Crippen molar-refractivity contribution in [2.24, 2.45) is 11.3 Å². The number of rotatable bonds is 7. The largest absolute Gasteiger partial charge is 0.481 e. The van der Waals surface area contributed by atoms with Gasteiger partial charge in [-0.25, -0.2) is 4.79 Å². The maximum atomic E-state index is 12.1. The van der Waals surface area contributed by atoms with Gasteiger partial charge in [-0.2, -0.15) is 0 Å². The normalized spacial score (nSPS) is 11.6. The summed E-state index contributed by atoms with van der Waals surface area (Å²) in [5, 5.41) is 11.1. The SMILES string of the molecule is CC(C)CN(C(=O)NC(=O)CC(C)(C)CC(=O)O)C(C)C. The first-order valence-electron chi connectivity index (χ1n) is 7.27. The monoisotopic (exact) mass is 300 g/mol. The quantitative estimate of drug-likeness (QED) is 0.756. The fourth-order valence-electron chi connectivity index (χ4n) is 2.06. The van der Waals surface area contributed by atoms with Gasteiger partial charge in [-0.05, 0) is 25.2 Å². The number of aliphatic carboxylic acids is 1.